The molecule has 2 N–H and O–H groups in total. The SMILES string of the molecule is CCCC(N)CC(=O)Cc1c(Cl)c(C)nn1CC. The quantitative estimate of drug-likeness (QED) is 0.829. The molecule has 1 heterocycles. The zero-order valence-electron chi connectivity index (χ0n) is 11.4. The first-order valence-corrected chi connectivity index (χ1v) is 6.86. The number of aromatic nitrogens is 2. The van der Waals surface area contributed by atoms with E-state index in [2.05, 4.69) is 12.0 Å². The summed E-state index contributed by atoms with van der Waals surface area (Å²) in [5, 5.41) is 4.90. The highest BCUT2D eigenvalue weighted by atomic mass is 35.5. The lowest BCUT2D eigenvalue weighted by Crippen LogP contribution is -2.24. The molecule has 0 saturated carbocycles. The van der Waals surface area contributed by atoms with Gasteiger partial charge < -0.3 is 5.73 Å². The molecule has 0 aromatic carbocycles. The molecule has 0 bridgehead atoms. The molecule has 1 unspecified atom stereocenters. The number of ketones is 1. The van der Waals surface area contributed by atoms with Gasteiger partial charge in [0.05, 0.1) is 16.4 Å². The van der Waals surface area contributed by atoms with E-state index in [1.54, 1.807) is 4.68 Å². The third-order valence-corrected chi connectivity index (χ3v) is 3.46. The van der Waals surface area contributed by atoms with Crippen LogP contribution in [0.2, 0.25) is 5.02 Å². The van der Waals surface area contributed by atoms with Gasteiger partial charge in [-0.3, -0.25) is 9.48 Å². The lowest BCUT2D eigenvalue weighted by Gasteiger charge is -2.10. The van der Waals surface area contributed by atoms with Crippen molar-refractivity contribution in [3.8, 4) is 0 Å². The molecule has 5 heteroatoms. The largest absolute Gasteiger partial charge is 0.327 e. The van der Waals surface area contributed by atoms with Gasteiger partial charge in [0.15, 0.2) is 0 Å². The second kappa shape index (κ2) is 6.90. The van der Waals surface area contributed by atoms with E-state index >= 15 is 0 Å². The number of rotatable bonds is 7. The van der Waals surface area contributed by atoms with E-state index in [0.717, 1.165) is 30.8 Å². The first-order valence-electron chi connectivity index (χ1n) is 6.48. The fourth-order valence-corrected chi connectivity index (χ4v) is 2.26. The maximum absolute atomic E-state index is 11.9. The Hall–Kier alpha value is -0.870. The predicted molar refractivity (Wildman–Crippen MR) is 73.9 cm³/mol. The highest BCUT2D eigenvalue weighted by Gasteiger charge is 2.17. The summed E-state index contributed by atoms with van der Waals surface area (Å²) in [5.74, 6) is 0.132. The topological polar surface area (TPSA) is 60.9 Å². The van der Waals surface area contributed by atoms with Crippen LogP contribution in [0, 0.1) is 6.92 Å². The van der Waals surface area contributed by atoms with E-state index < -0.39 is 0 Å². The van der Waals surface area contributed by atoms with Crippen molar-refractivity contribution in [1.82, 2.24) is 9.78 Å². The van der Waals surface area contributed by atoms with Gasteiger partial charge in [0.1, 0.15) is 5.78 Å². The van der Waals surface area contributed by atoms with Gasteiger partial charge in [-0.2, -0.15) is 5.10 Å². The van der Waals surface area contributed by atoms with Gasteiger partial charge in [0.2, 0.25) is 0 Å². The standard InChI is InChI=1S/C13H22ClN3O/c1-4-6-10(15)7-11(18)8-12-13(14)9(3)16-17(12)5-2/h10H,4-8,15H2,1-3H3. The second-order valence-electron chi connectivity index (χ2n) is 4.63. The summed E-state index contributed by atoms with van der Waals surface area (Å²) in [6.45, 7) is 6.62. The van der Waals surface area contributed by atoms with Crippen molar-refractivity contribution in [2.24, 2.45) is 5.73 Å². The molecule has 0 radical (unpaired) electrons. The van der Waals surface area contributed by atoms with E-state index in [1.807, 2.05) is 13.8 Å². The van der Waals surface area contributed by atoms with Crippen molar-refractivity contribution in [3.63, 3.8) is 0 Å². The van der Waals surface area contributed by atoms with Crippen molar-refractivity contribution in [2.45, 2.75) is 59.0 Å². The van der Waals surface area contributed by atoms with E-state index in [0.29, 0.717) is 17.9 Å². The van der Waals surface area contributed by atoms with Crippen molar-refractivity contribution in [1.29, 1.82) is 0 Å². The number of Topliss-reactive ketones (excluding diaryl/α,β-unsaturated/α-hetero) is 1. The minimum atomic E-state index is -0.0413. The van der Waals surface area contributed by atoms with E-state index in [9.17, 15) is 4.79 Å². The molecule has 1 atom stereocenters. The normalized spacial score (nSPS) is 12.7. The molecule has 0 aliphatic heterocycles. The summed E-state index contributed by atoms with van der Waals surface area (Å²) in [5.41, 5.74) is 7.46. The molecule has 1 aromatic rings. The number of carbonyl (C=O) groups excluding carboxylic acids is 1. The van der Waals surface area contributed by atoms with Crippen molar-refractivity contribution in [2.75, 3.05) is 0 Å². The lowest BCUT2D eigenvalue weighted by molar-refractivity contribution is -0.118. The van der Waals surface area contributed by atoms with E-state index in [-0.39, 0.29) is 11.8 Å². The van der Waals surface area contributed by atoms with Gasteiger partial charge in [-0.1, -0.05) is 24.9 Å². The Balaban J connectivity index is 2.69. The van der Waals surface area contributed by atoms with Gasteiger partial charge in [-0.25, -0.2) is 0 Å². The monoisotopic (exact) mass is 271 g/mol. The molecular weight excluding hydrogens is 250 g/mol. The van der Waals surface area contributed by atoms with Crippen LogP contribution < -0.4 is 5.73 Å². The Morgan fingerprint density at radius 2 is 2.17 bits per heavy atom. The van der Waals surface area contributed by atoms with Crippen LogP contribution in [-0.4, -0.2) is 21.6 Å². The summed E-state index contributed by atoms with van der Waals surface area (Å²) in [6.07, 6.45) is 2.62. The van der Waals surface area contributed by atoms with Crippen LogP contribution in [0.3, 0.4) is 0 Å². The van der Waals surface area contributed by atoms with Crippen molar-refractivity contribution < 1.29 is 4.79 Å². The molecule has 18 heavy (non-hydrogen) atoms. The summed E-state index contributed by atoms with van der Waals surface area (Å²) in [4.78, 5) is 11.9. The van der Waals surface area contributed by atoms with Crippen LogP contribution in [0.1, 0.15) is 44.5 Å². The number of nitrogens with zero attached hydrogens (tertiary/aromatic N) is 2. The molecule has 0 aliphatic rings. The Morgan fingerprint density at radius 1 is 1.50 bits per heavy atom. The maximum atomic E-state index is 11.9. The third-order valence-electron chi connectivity index (χ3n) is 2.97. The Bertz CT molecular complexity index is 415. The predicted octanol–water partition coefficient (Wildman–Crippen LogP) is 2.49. The summed E-state index contributed by atoms with van der Waals surface area (Å²) in [7, 11) is 0. The van der Waals surface area contributed by atoms with Crippen molar-refractivity contribution in [3.05, 3.63) is 16.4 Å². The number of hydrogen-bond acceptors (Lipinski definition) is 3. The van der Waals surface area contributed by atoms with Crippen LogP contribution in [0.15, 0.2) is 0 Å². The Labute approximate surface area is 113 Å². The van der Waals surface area contributed by atoms with Crippen LogP contribution in [0.4, 0.5) is 0 Å². The van der Waals surface area contributed by atoms with Crippen molar-refractivity contribution >= 4 is 17.4 Å². The average Bonchev–Trinajstić information content (AvgIpc) is 2.57. The zero-order chi connectivity index (χ0) is 13.7. The Morgan fingerprint density at radius 3 is 2.72 bits per heavy atom. The van der Waals surface area contributed by atoms with Gasteiger partial charge in [-0.15, -0.1) is 0 Å². The molecule has 0 spiro atoms. The molecule has 0 fully saturated rings. The number of carbonyl (C=O) groups is 1. The minimum absolute atomic E-state index is 0.0413. The smallest absolute Gasteiger partial charge is 0.140 e. The number of halogens is 1. The van der Waals surface area contributed by atoms with Gasteiger partial charge in [0, 0.05) is 25.4 Å². The maximum Gasteiger partial charge on any atom is 0.140 e. The van der Waals surface area contributed by atoms with E-state index in [1.165, 1.54) is 0 Å². The first-order chi connectivity index (χ1) is 8.49. The van der Waals surface area contributed by atoms with Gasteiger partial charge in [0.25, 0.3) is 0 Å². The first kappa shape index (κ1) is 15.2. The molecule has 0 amide bonds. The summed E-state index contributed by atoms with van der Waals surface area (Å²) >= 11 is 6.17. The fourth-order valence-electron chi connectivity index (χ4n) is 2.06. The van der Waals surface area contributed by atoms with Crippen LogP contribution in [-0.2, 0) is 17.8 Å². The van der Waals surface area contributed by atoms with E-state index in [4.69, 9.17) is 17.3 Å². The van der Waals surface area contributed by atoms with Crippen LogP contribution >= 0.6 is 11.6 Å². The molecule has 102 valence electrons. The van der Waals surface area contributed by atoms with Gasteiger partial charge >= 0.3 is 0 Å². The van der Waals surface area contributed by atoms with Gasteiger partial charge in [-0.05, 0) is 20.3 Å². The summed E-state index contributed by atoms with van der Waals surface area (Å²) in [6, 6.07) is -0.0413. The molecule has 1 rings (SSSR count). The minimum Gasteiger partial charge on any atom is -0.327 e. The average molecular weight is 272 g/mol. The molecular formula is C13H22ClN3O. The molecule has 0 aliphatic carbocycles. The lowest BCUT2D eigenvalue weighted by atomic mass is 10.0. The molecule has 0 saturated heterocycles. The summed E-state index contributed by atoms with van der Waals surface area (Å²) < 4.78 is 1.79. The third kappa shape index (κ3) is 3.82. The number of aryl methyl sites for hydroxylation is 2. The second-order valence-corrected chi connectivity index (χ2v) is 5.01. The highest BCUT2D eigenvalue weighted by Crippen LogP contribution is 2.21. The van der Waals surface area contributed by atoms with Crippen LogP contribution in [0.5, 0.6) is 0 Å². The highest BCUT2D eigenvalue weighted by molar-refractivity contribution is 6.32. The molecule has 4 nitrogen and oxygen atoms in total. The Kier molecular flexibility index (Phi) is 5.82. The van der Waals surface area contributed by atoms with Crippen LogP contribution in [0.25, 0.3) is 0 Å². The zero-order valence-corrected chi connectivity index (χ0v) is 12.1. The molecule has 1 aromatic heterocycles. The number of nitrogens with two attached hydrogens (primary N) is 1. The number of hydrogen-bond donors (Lipinski definition) is 1. The fraction of sp³-hybridized carbons (Fsp3) is 0.692.